The second-order valence-electron chi connectivity index (χ2n) is 4.30. The summed E-state index contributed by atoms with van der Waals surface area (Å²) < 4.78 is 5.66. The average Bonchev–Trinajstić information content (AvgIpc) is 2.91. The normalized spacial score (nSPS) is 11.3. The third-order valence-corrected chi connectivity index (χ3v) is 3.00. The molecule has 1 aromatic heterocycles. The molecular weight excluding hydrogens is 268 g/mol. The first-order valence-electron chi connectivity index (χ1n) is 6.52. The predicted octanol–water partition coefficient (Wildman–Crippen LogP) is 1.69. The third kappa shape index (κ3) is 2.53. The van der Waals surface area contributed by atoms with Crippen molar-refractivity contribution in [2.24, 2.45) is 5.10 Å². The van der Waals surface area contributed by atoms with E-state index in [0.717, 1.165) is 26.9 Å². The summed E-state index contributed by atoms with van der Waals surface area (Å²) in [5.74, 6) is 0.885. The number of tetrazole rings is 1. The van der Waals surface area contributed by atoms with Crippen LogP contribution in [0.25, 0.3) is 10.8 Å². The highest BCUT2D eigenvalue weighted by molar-refractivity contribution is 6.02. The van der Waals surface area contributed by atoms with Gasteiger partial charge in [-0.25, -0.2) is 0 Å². The first-order valence-corrected chi connectivity index (χ1v) is 6.52. The molecule has 3 aromatic rings. The van der Waals surface area contributed by atoms with E-state index in [9.17, 15) is 0 Å². The van der Waals surface area contributed by atoms with Crippen molar-refractivity contribution in [3.8, 4) is 5.75 Å². The van der Waals surface area contributed by atoms with E-state index >= 15 is 0 Å². The van der Waals surface area contributed by atoms with Crippen LogP contribution in [0.4, 0.5) is 5.95 Å². The van der Waals surface area contributed by atoms with Gasteiger partial charge in [0.05, 0.1) is 12.8 Å². The zero-order chi connectivity index (χ0) is 14.7. The molecule has 1 heterocycles. The maximum absolute atomic E-state index is 5.66. The summed E-state index contributed by atoms with van der Waals surface area (Å²) in [6.45, 7) is 2.52. The van der Waals surface area contributed by atoms with Crippen molar-refractivity contribution >= 4 is 22.9 Å². The Kier molecular flexibility index (Phi) is 3.46. The average molecular weight is 282 g/mol. The van der Waals surface area contributed by atoms with E-state index in [4.69, 9.17) is 10.5 Å². The lowest BCUT2D eigenvalue weighted by atomic mass is 10.0. The number of anilines is 1. The molecule has 2 aromatic carbocycles. The minimum absolute atomic E-state index is 0.129. The van der Waals surface area contributed by atoms with E-state index in [2.05, 4.69) is 20.6 Å². The molecule has 0 bridgehead atoms. The van der Waals surface area contributed by atoms with Gasteiger partial charge < -0.3 is 10.5 Å². The Morgan fingerprint density at radius 2 is 2.14 bits per heavy atom. The Balaban J connectivity index is 2.12. The van der Waals surface area contributed by atoms with Gasteiger partial charge in [0, 0.05) is 5.56 Å². The number of fused-ring (bicyclic) bond motifs is 1. The zero-order valence-corrected chi connectivity index (χ0v) is 11.5. The molecule has 21 heavy (non-hydrogen) atoms. The molecule has 2 N–H and O–H groups in total. The first-order chi connectivity index (χ1) is 10.3. The molecular formula is C14H14N6O. The molecule has 0 aliphatic rings. The van der Waals surface area contributed by atoms with E-state index in [-0.39, 0.29) is 5.95 Å². The second-order valence-corrected chi connectivity index (χ2v) is 4.30. The molecule has 3 rings (SSSR count). The van der Waals surface area contributed by atoms with Gasteiger partial charge >= 0.3 is 0 Å². The molecule has 0 amide bonds. The molecule has 0 atom stereocenters. The molecule has 7 nitrogen and oxygen atoms in total. The molecule has 106 valence electrons. The summed E-state index contributed by atoms with van der Waals surface area (Å²) in [6, 6.07) is 12.0. The number of nitrogens with two attached hydrogens (primary N) is 1. The summed E-state index contributed by atoms with van der Waals surface area (Å²) in [6.07, 6.45) is 1.65. The van der Waals surface area contributed by atoms with Gasteiger partial charge in [0.25, 0.3) is 5.95 Å². The molecule has 0 saturated heterocycles. The Bertz CT molecular complexity index is 795. The van der Waals surface area contributed by atoms with Crippen molar-refractivity contribution in [2.45, 2.75) is 6.92 Å². The minimum Gasteiger partial charge on any atom is -0.493 e. The number of hydrogen-bond donors (Lipinski definition) is 1. The van der Waals surface area contributed by atoms with Gasteiger partial charge in [0.15, 0.2) is 0 Å². The van der Waals surface area contributed by atoms with Crippen molar-refractivity contribution in [1.29, 1.82) is 0 Å². The van der Waals surface area contributed by atoms with Crippen LogP contribution in [0.15, 0.2) is 41.5 Å². The van der Waals surface area contributed by atoms with Gasteiger partial charge in [0.2, 0.25) is 0 Å². The lowest BCUT2D eigenvalue weighted by molar-refractivity contribution is 0.340. The maximum atomic E-state index is 5.66. The number of hydrogen-bond acceptors (Lipinski definition) is 6. The van der Waals surface area contributed by atoms with Gasteiger partial charge in [-0.05, 0) is 34.2 Å². The highest BCUT2D eigenvalue weighted by Crippen LogP contribution is 2.26. The van der Waals surface area contributed by atoms with Crippen molar-refractivity contribution in [3.63, 3.8) is 0 Å². The summed E-state index contributed by atoms with van der Waals surface area (Å²) in [4.78, 5) is 1.16. The largest absolute Gasteiger partial charge is 0.493 e. The van der Waals surface area contributed by atoms with Crippen LogP contribution in [0.1, 0.15) is 12.5 Å². The van der Waals surface area contributed by atoms with E-state index in [1.54, 1.807) is 6.21 Å². The number of aromatic nitrogens is 4. The molecule has 0 spiro atoms. The van der Waals surface area contributed by atoms with Crippen LogP contribution in [-0.2, 0) is 0 Å². The van der Waals surface area contributed by atoms with Crippen molar-refractivity contribution in [3.05, 3.63) is 42.0 Å². The highest BCUT2D eigenvalue weighted by Gasteiger charge is 2.07. The number of benzene rings is 2. The van der Waals surface area contributed by atoms with Gasteiger partial charge in [-0.15, -0.1) is 0 Å². The first kappa shape index (κ1) is 13.0. The fraction of sp³-hybridized carbons (Fsp3) is 0.143. The highest BCUT2D eigenvalue weighted by atomic mass is 16.5. The van der Waals surface area contributed by atoms with Crippen LogP contribution in [0.5, 0.6) is 5.75 Å². The SMILES string of the molecule is CCOc1ccc2ccccc2c1C=Nn1nnnc1N. The molecule has 0 unspecified atom stereocenters. The zero-order valence-electron chi connectivity index (χ0n) is 11.5. The topological polar surface area (TPSA) is 91.2 Å². The van der Waals surface area contributed by atoms with Crippen LogP contribution in [0, 0.1) is 0 Å². The van der Waals surface area contributed by atoms with Crippen LogP contribution < -0.4 is 10.5 Å². The molecule has 0 fully saturated rings. The fourth-order valence-corrected chi connectivity index (χ4v) is 2.07. The number of ether oxygens (including phenoxy) is 1. The molecule has 0 saturated carbocycles. The van der Waals surface area contributed by atoms with Crippen LogP contribution >= 0.6 is 0 Å². The van der Waals surface area contributed by atoms with Gasteiger partial charge in [0.1, 0.15) is 5.75 Å². The van der Waals surface area contributed by atoms with Crippen LogP contribution in [-0.4, -0.2) is 33.1 Å². The van der Waals surface area contributed by atoms with Gasteiger partial charge in [-0.1, -0.05) is 40.2 Å². The Labute approximate surface area is 121 Å². The number of nitrogens with zero attached hydrogens (tertiary/aromatic N) is 5. The van der Waals surface area contributed by atoms with E-state index < -0.39 is 0 Å². The molecule has 7 heteroatoms. The molecule has 0 aliphatic carbocycles. The Hall–Kier alpha value is -2.96. The third-order valence-electron chi connectivity index (χ3n) is 3.00. The van der Waals surface area contributed by atoms with Crippen molar-refractivity contribution in [2.75, 3.05) is 12.3 Å². The monoisotopic (exact) mass is 282 g/mol. The van der Waals surface area contributed by atoms with E-state index in [0.29, 0.717) is 6.61 Å². The van der Waals surface area contributed by atoms with Gasteiger partial charge in [-0.2, -0.15) is 5.10 Å². The standard InChI is InChI=1S/C14H14N6O/c1-2-21-13-8-7-10-5-3-4-6-11(10)12(13)9-16-20-14(15)17-18-19-20/h3-9H,2H2,1H3,(H2,15,17,19). The van der Waals surface area contributed by atoms with E-state index in [1.165, 1.54) is 0 Å². The number of rotatable bonds is 4. The van der Waals surface area contributed by atoms with Crippen molar-refractivity contribution in [1.82, 2.24) is 20.3 Å². The van der Waals surface area contributed by atoms with Crippen LogP contribution in [0.3, 0.4) is 0 Å². The maximum Gasteiger partial charge on any atom is 0.263 e. The van der Waals surface area contributed by atoms with Gasteiger partial charge in [-0.3, -0.25) is 0 Å². The Morgan fingerprint density at radius 1 is 1.29 bits per heavy atom. The molecule has 0 radical (unpaired) electrons. The summed E-state index contributed by atoms with van der Waals surface area (Å²) in [5.41, 5.74) is 6.46. The Morgan fingerprint density at radius 3 is 2.90 bits per heavy atom. The van der Waals surface area contributed by atoms with E-state index in [1.807, 2.05) is 43.3 Å². The van der Waals surface area contributed by atoms with Crippen LogP contribution in [0.2, 0.25) is 0 Å². The quantitative estimate of drug-likeness (QED) is 0.735. The fourth-order valence-electron chi connectivity index (χ4n) is 2.07. The smallest absolute Gasteiger partial charge is 0.263 e. The number of nitrogen functional groups attached to an aromatic ring is 1. The van der Waals surface area contributed by atoms with Crippen molar-refractivity contribution < 1.29 is 4.74 Å². The predicted molar refractivity (Wildman–Crippen MR) is 80.3 cm³/mol. The minimum atomic E-state index is 0.129. The molecule has 0 aliphatic heterocycles. The summed E-state index contributed by atoms with van der Waals surface area (Å²) >= 11 is 0. The summed E-state index contributed by atoms with van der Waals surface area (Å²) in [7, 11) is 0. The lowest BCUT2D eigenvalue weighted by Crippen LogP contribution is -2.01. The second kappa shape index (κ2) is 5.58. The lowest BCUT2D eigenvalue weighted by Gasteiger charge is -2.09. The summed E-state index contributed by atoms with van der Waals surface area (Å²) in [5, 5.41) is 17.0.